The van der Waals surface area contributed by atoms with E-state index < -0.39 is 0 Å². The first-order valence-corrected chi connectivity index (χ1v) is 4.37. The summed E-state index contributed by atoms with van der Waals surface area (Å²) in [6.45, 7) is 3.39. The van der Waals surface area contributed by atoms with Crippen LogP contribution >= 0.6 is 0 Å². The van der Waals surface area contributed by atoms with Gasteiger partial charge >= 0.3 is 0 Å². The number of halogens is 1. The highest BCUT2D eigenvalue weighted by atomic mass is 19.0. The lowest BCUT2D eigenvalue weighted by atomic mass is 10.2. The van der Waals surface area contributed by atoms with Crippen LogP contribution < -0.4 is 9.27 Å². The third-order valence-corrected chi connectivity index (χ3v) is 1.80. The molecule has 0 saturated carbocycles. The molecule has 0 aromatic carbocycles. The van der Waals surface area contributed by atoms with Gasteiger partial charge in [0.15, 0.2) is 12.4 Å². The highest BCUT2D eigenvalue weighted by Gasteiger charge is 1.94. The van der Waals surface area contributed by atoms with E-state index in [0.29, 0.717) is 0 Å². The van der Waals surface area contributed by atoms with Crippen LogP contribution in [-0.2, 0) is 6.54 Å². The van der Waals surface area contributed by atoms with Crippen LogP contribution in [-0.4, -0.2) is 0 Å². The summed E-state index contributed by atoms with van der Waals surface area (Å²) in [5.74, 6) is 0. The van der Waals surface area contributed by atoms with Gasteiger partial charge in [-0.15, -0.1) is 0 Å². The van der Waals surface area contributed by atoms with Crippen molar-refractivity contribution in [3.63, 3.8) is 0 Å². The summed E-state index contributed by atoms with van der Waals surface area (Å²) in [5.41, 5.74) is 0. The Hall–Kier alpha value is -0.920. The molecule has 0 bridgehead atoms. The van der Waals surface area contributed by atoms with Crippen molar-refractivity contribution in [3.8, 4) is 0 Å². The van der Waals surface area contributed by atoms with Gasteiger partial charge in [0.1, 0.15) is 6.54 Å². The number of aryl methyl sites for hydroxylation is 1. The third-order valence-electron chi connectivity index (χ3n) is 1.80. The van der Waals surface area contributed by atoms with Crippen LogP contribution in [0.4, 0.5) is 0 Å². The number of pyridine rings is 1. The Morgan fingerprint density at radius 2 is 1.67 bits per heavy atom. The molecule has 0 aliphatic carbocycles. The Bertz CT molecular complexity index is 186. The second-order valence-electron chi connectivity index (χ2n) is 2.82. The first-order valence-electron chi connectivity index (χ1n) is 4.37. The van der Waals surface area contributed by atoms with E-state index in [1.807, 2.05) is 0 Å². The number of aromatic nitrogens is 1. The lowest BCUT2D eigenvalue weighted by Gasteiger charge is -1.93. The number of hydrogen-bond acceptors (Lipinski definition) is 0. The van der Waals surface area contributed by atoms with Crippen LogP contribution in [0.3, 0.4) is 0 Å². The van der Waals surface area contributed by atoms with Gasteiger partial charge < -0.3 is 4.70 Å². The molecule has 0 fully saturated rings. The molecule has 68 valence electrons. The standard InChI is InChI=1S/C10H16N.FH/c1-2-3-5-8-11-9-6-4-7-10-11;/h4,6-7,9-10H,2-3,5,8H2,1H3;1H/q+1;/p-1. The quantitative estimate of drug-likeness (QED) is 0.409. The van der Waals surface area contributed by atoms with Crippen molar-refractivity contribution in [1.82, 2.24) is 0 Å². The van der Waals surface area contributed by atoms with E-state index in [0.717, 1.165) is 6.54 Å². The topological polar surface area (TPSA) is 3.88 Å². The van der Waals surface area contributed by atoms with Gasteiger partial charge in [-0.2, -0.15) is 0 Å². The average molecular weight is 169 g/mol. The Labute approximate surface area is 73.4 Å². The van der Waals surface area contributed by atoms with Crippen LogP contribution in [0.5, 0.6) is 0 Å². The average Bonchev–Trinajstić information content (AvgIpc) is 2.07. The van der Waals surface area contributed by atoms with Crippen molar-refractivity contribution in [2.45, 2.75) is 32.7 Å². The molecule has 12 heavy (non-hydrogen) atoms. The fraction of sp³-hybridized carbons (Fsp3) is 0.500. The van der Waals surface area contributed by atoms with E-state index in [4.69, 9.17) is 0 Å². The van der Waals surface area contributed by atoms with E-state index in [2.05, 4.69) is 42.1 Å². The van der Waals surface area contributed by atoms with Gasteiger partial charge in [-0.05, 0) is 6.42 Å². The summed E-state index contributed by atoms with van der Waals surface area (Å²) in [5, 5.41) is 0. The molecule has 1 heterocycles. The van der Waals surface area contributed by atoms with Gasteiger partial charge in [-0.25, -0.2) is 4.57 Å². The Balaban J connectivity index is 0.00000121. The summed E-state index contributed by atoms with van der Waals surface area (Å²) in [6.07, 6.45) is 8.17. The fourth-order valence-electron chi connectivity index (χ4n) is 1.13. The number of rotatable bonds is 4. The molecule has 0 atom stereocenters. The molecule has 1 rings (SSSR count). The van der Waals surface area contributed by atoms with Gasteiger partial charge in [0, 0.05) is 18.6 Å². The van der Waals surface area contributed by atoms with Crippen LogP contribution in [0.1, 0.15) is 26.2 Å². The molecule has 0 aliphatic rings. The molecule has 1 nitrogen and oxygen atoms in total. The van der Waals surface area contributed by atoms with E-state index >= 15 is 0 Å². The molecule has 0 spiro atoms. The molecule has 0 aliphatic heterocycles. The minimum Gasteiger partial charge on any atom is -1.00 e. The van der Waals surface area contributed by atoms with Gasteiger partial charge in [0.2, 0.25) is 0 Å². The third kappa shape index (κ3) is 4.06. The van der Waals surface area contributed by atoms with Crippen LogP contribution in [0, 0.1) is 0 Å². The molecule has 2 heteroatoms. The fourth-order valence-corrected chi connectivity index (χ4v) is 1.13. The maximum absolute atomic E-state index is 2.23. The van der Waals surface area contributed by atoms with Crippen LogP contribution in [0.2, 0.25) is 0 Å². The molecule has 0 N–H and O–H groups in total. The molecule has 0 saturated heterocycles. The molecular weight excluding hydrogens is 153 g/mol. The number of unbranched alkanes of at least 4 members (excludes halogenated alkanes) is 2. The van der Waals surface area contributed by atoms with Crippen molar-refractivity contribution in [2.24, 2.45) is 0 Å². The zero-order chi connectivity index (χ0) is 7.94. The van der Waals surface area contributed by atoms with Gasteiger partial charge in [0.05, 0.1) is 0 Å². The summed E-state index contributed by atoms with van der Waals surface area (Å²) in [4.78, 5) is 0. The number of nitrogens with zero attached hydrogens (tertiary/aromatic N) is 1. The Kier molecular flexibility index (Phi) is 6.25. The molecule has 1 aromatic heterocycles. The van der Waals surface area contributed by atoms with E-state index in [1.165, 1.54) is 19.3 Å². The van der Waals surface area contributed by atoms with E-state index in [-0.39, 0.29) is 4.70 Å². The molecule has 0 amide bonds. The summed E-state index contributed by atoms with van der Waals surface area (Å²) in [6, 6.07) is 6.20. The minimum absolute atomic E-state index is 0. The van der Waals surface area contributed by atoms with Crippen molar-refractivity contribution in [2.75, 3.05) is 0 Å². The second kappa shape index (κ2) is 6.77. The van der Waals surface area contributed by atoms with Crippen LogP contribution in [0.25, 0.3) is 0 Å². The zero-order valence-electron chi connectivity index (χ0n) is 7.54. The SMILES string of the molecule is CCCCC[n+]1ccccc1.[F-]. The smallest absolute Gasteiger partial charge is 0.168 e. The molecule has 0 unspecified atom stereocenters. The molecular formula is C10H16FN. The lowest BCUT2D eigenvalue weighted by Crippen LogP contribution is -3.00. The first-order chi connectivity index (χ1) is 5.43. The Morgan fingerprint density at radius 3 is 2.25 bits per heavy atom. The van der Waals surface area contributed by atoms with Crippen molar-refractivity contribution in [1.29, 1.82) is 0 Å². The number of hydrogen-bond donors (Lipinski definition) is 0. The second-order valence-corrected chi connectivity index (χ2v) is 2.82. The van der Waals surface area contributed by atoms with Gasteiger partial charge in [0.25, 0.3) is 0 Å². The van der Waals surface area contributed by atoms with Gasteiger partial charge in [-0.3, -0.25) is 0 Å². The normalized spacial score (nSPS) is 9.08. The summed E-state index contributed by atoms with van der Waals surface area (Å²) in [7, 11) is 0. The highest BCUT2D eigenvalue weighted by Crippen LogP contribution is 1.92. The first kappa shape index (κ1) is 11.1. The monoisotopic (exact) mass is 169 g/mol. The predicted molar refractivity (Wildman–Crippen MR) is 46.2 cm³/mol. The Morgan fingerprint density at radius 1 is 1.00 bits per heavy atom. The summed E-state index contributed by atoms with van der Waals surface area (Å²) < 4.78 is 2.23. The van der Waals surface area contributed by atoms with Crippen molar-refractivity contribution >= 4 is 0 Å². The molecule has 1 aromatic rings. The minimum atomic E-state index is 0. The van der Waals surface area contributed by atoms with E-state index in [9.17, 15) is 0 Å². The lowest BCUT2D eigenvalue weighted by molar-refractivity contribution is -0.697. The largest absolute Gasteiger partial charge is 1.00 e. The van der Waals surface area contributed by atoms with E-state index in [1.54, 1.807) is 0 Å². The molecule has 0 radical (unpaired) electrons. The summed E-state index contributed by atoms with van der Waals surface area (Å²) >= 11 is 0. The van der Waals surface area contributed by atoms with Crippen molar-refractivity contribution in [3.05, 3.63) is 30.6 Å². The predicted octanol–water partition coefficient (Wildman–Crippen LogP) is -0.832. The highest BCUT2D eigenvalue weighted by molar-refractivity contribution is 4.83. The van der Waals surface area contributed by atoms with Crippen molar-refractivity contribution < 1.29 is 9.27 Å². The van der Waals surface area contributed by atoms with Gasteiger partial charge in [-0.1, -0.05) is 19.4 Å². The zero-order valence-corrected chi connectivity index (χ0v) is 7.54. The van der Waals surface area contributed by atoms with Crippen LogP contribution in [0.15, 0.2) is 30.6 Å². The maximum Gasteiger partial charge on any atom is 0.168 e. The maximum atomic E-state index is 2.23.